The van der Waals surface area contributed by atoms with Gasteiger partial charge >= 0.3 is 0 Å². The van der Waals surface area contributed by atoms with Gasteiger partial charge in [0.2, 0.25) is 11.8 Å². The molecule has 0 aromatic heterocycles. The molecule has 0 fully saturated rings. The molecule has 4 nitrogen and oxygen atoms in total. The van der Waals surface area contributed by atoms with Crippen molar-refractivity contribution in [2.24, 2.45) is 0 Å². The molecule has 196 valence electrons. The summed E-state index contributed by atoms with van der Waals surface area (Å²) in [5, 5.41) is 3.14. The molecule has 0 aliphatic carbocycles. The summed E-state index contributed by atoms with van der Waals surface area (Å²) < 4.78 is 0. The van der Waals surface area contributed by atoms with E-state index in [0.29, 0.717) is 31.7 Å². The largest absolute Gasteiger partial charge is 0.352 e. The SMILES string of the molecule is CC[C@H](C)NC(=O)[C@H](Cc1ccccc1)N(Cc1ccc(C)cc1)C(=O)CCc1ccc(C(C)C)cc1. The van der Waals surface area contributed by atoms with Gasteiger partial charge in [-0.2, -0.15) is 0 Å². The molecule has 0 radical (unpaired) electrons. The number of rotatable bonds is 12. The minimum atomic E-state index is -0.589. The molecular weight excluding hydrogens is 456 g/mol. The number of hydrogen-bond acceptors (Lipinski definition) is 2. The fraction of sp³-hybridized carbons (Fsp3) is 0.394. The van der Waals surface area contributed by atoms with Gasteiger partial charge in [0.1, 0.15) is 6.04 Å². The Kier molecular flexibility index (Phi) is 10.5. The molecule has 2 atom stereocenters. The van der Waals surface area contributed by atoms with Gasteiger partial charge in [-0.1, -0.05) is 105 Å². The highest BCUT2D eigenvalue weighted by Crippen LogP contribution is 2.19. The fourth-order valence-electron chi connectivity index (χ4n) is 4.35. The lowest BCUT2D eigenvalue weighted by atomic mass is 9.99. The maximum Gasteiger partial charge on any atom is 0.243 e. The highest BCUT2D eigenvalue weighted by molar-refractivity contribution is 5.88. The average molecular weight is 499 g/mol. The van der Waals surface area contributed by atoms with Crippen LogP contribution in [-0.4, -0.2) is 28.8 Å². The standard InChI is InChI=1S/C33H42N2O2/c1-6-26(5)34-33(37)31(22-28-10-8-7-9-11-28)35(23-29-14-12-25(4)13-15-29)32(36)21-18-27-16-19-30(20-17-27)24(2)3/h7-17,19-20,24,26,31H,6,18,21-23H2,1-5H3,(H,34,37)/t26-,31-/m0/s1. The second kappa shape index (κ2) is 13.8. The van der Waals surface area contributed by atoms with Crippen LogP contribution in [0, 0.1) is 6.92 Å². The van der Waals surface area contributed by atoms with Crippen molar-refractivity contribution in [2.45, 2.75) is 84.8 Å². The number of nitrogens with zero attached hydrogens (tertiary/aromatic N) is 1. The predicted molar refractivity (Wildman–Crippen MR) is 152 cm³/mol. The lowest BCUT2D eigenvalue weighted by Crippen LogP contribution is -2.52. The van der Waals surface area contributed by atoms with Crippen LogP contribution in [0.25, 0.3) is 0 Å². The van der Waals surface area contributed by atoms with Crippen LogP contribution in [0.5, 0.6) is 0 Å². The van der Waals surface area contributed by atoms with Crippen LogP contribution in [-0.2, 0) is 29.0 Å². The van der Waals surface area contributed by atoms with E-state index in [2.05, 4.69) is 69.4 Å². The van der Waals surface area contributed by atoms with Crippen LogP contribution in [0.15, 0.2) is 78.9 Å². The Hall–Kier alpha value is -3.40. The molecule has 37 heavy (non-hydrogen) atoms. The van der Waals surface area contributed by atoms with Gasteiger partial charge in [-0.15, -0.1) is 0 Å². The third kappa shape index (κ3) is 8.59. The molecule has 0 heterocycles. The van der Waals surface area contributed by atoms with Crippen molar-refractivity contribution in [2.75, 3.05) is 0 Å². The zero-order chi connectivity index (χ0) is 26.8. The van der Waals surface area contributed by atoms with E-state index in [4.69, 9.17) is 0 Å². The molecule has 0 unspecified atom stereocenters. The molecule has 0 spiro atoms. The van der Waals surface area contributed by atoms with Gasteiger partial charge in [0.15, 0.2) is 0 Å². The van der Waals surface area contributed by atoms with Crippen molar-refractivity contribution < 1.29 is 9.59 Å². The normalized spacial score (nSPS) is 12.7. The minimum Gasteiger partial charge on any atom is -0.352 e. The van der Waals surface area contributed by atoms with Crippen molar-refractivity contribution in [1.82, 2.24) is 10.2 Å². The zero-order valence-electron chi connectivity index (χ0n) is 23.0. The van der Waals surface area contributed by atoms with Crippen LogP contribution >= 0.6 is 0 Å². The van der Waals surface area contributed by atoms with Crippen molar-refractivity contribution in [3.63, 3.8) is 0 Å². The number of carbonyl (C=O) groups is 2. The first-order valence-corrected chi connectivity index (χ1v) is 13.5. The molecule has 3 aromatic carbocycles. The van der Waals surface area contributed by atoms with Gasteiger partial charge in [0.25, 0.3) is 0 Å². The van der Waals surface area contributed by atoms with E-state index in [-0.39, 0.29) is 17.9 Å². The Balaban J connectivity index is 1.88. The maximum atomic E-state index is 13.8. The van der Waals surface area contributed by atoms with Gasteiger partial charge in [-0.05, 0) is 54.9 Å². The monoisotopic (exact) mass is 498 g/mol. The fourth-order valence-corrected chi connectivity index (χ4v) is 4.35. The third-order valence-electron chi connectivity index (χ3n) is 7.02. The number of amides is 2. The van der Waals surface area contributed by atoms with Gasteiger partial charge in [-0.3, -0.25) is 9.59 Å². The van der Waals surface area contributed by atoms with Crippen LogP contribution < -0.4 is 5.32 Å². The van der Waals surface area contributed by atoms with E-state index < -0.39 is 6.04 Å². The van der Waals surface area contributed by atoms with E-state index in [1.165, 1.54) is 11.1 Å². The van der Waals surface area contributed by atoms with Crippen LogP contribution in [0.1, 0.15) is 74.3 Å². The highest BCUT2D eigenvalue weighted by atomic mass is 16.2. The van der Waals surface area contributed by atoms with Crippen molar-refractivity contribution >= 4 is 11.8 Å². The molecule has 0 saturated heterocycles. The van der Waals surface area contributed by atoms with Crippen molar-refractivity contribution in [1.29, 1.82) is 0 Å². The molecule has 2 amide bonds. The zero-order valence-corrected chi connectivity index (χ0v) is 23.0. The number of nitrogens with one attached hydrogen (secondary N) is 1. The number of hydrogen-bond donors (Lipinski definition) is 1. The Bertz CT molecular complexity index is 1120. The molecule has 4 heteroatoms. The quantitative estimate of drug-likeness (QED) is 0.306. The van der Waals surface area contributed by atoms with Crippen LogP contribution in [0.2, 0.25) is 0 Å². The Morgan fingerprint density at radius 3 is 2.03 bits per heavy atom. The average Bonchev–Trinajstić information content (AvgIpc) is 2.91. The molecule has 0 aliphatic rings. The van der Waals surface area contributed by atoms with Crippen LogP contribution in [0.4, 0.5) is 0 Å². The lowest BCUT2D eigenvalue weighted by molar-refractivity contribution is -0.141. The van der Waals surface area contributed by atoms with Gasteiger partial charge in [0, 0.05) is 25.4 Å². The molecule has 0 aliphatic heterocycles. The first-order chi connectivity index (χ1) is 17.8. The highest BCUT2D eigenvalue weighted by Gasteiger charge is 2.30. The summed E-state index contributed by atoms with van der Waals surface area (Å²) >= 11 is 0. The first kappa shape index (κ1) is 28.2. The van der Waals surface area contributed by atoms with Crippen LogP contribution in [0.3, 0.4) is 0 Å². The minimum absolute atomic E-state index is 0.00579. The Morgan fingerprint density at radius 1 is 0.811 bits per heavy atom. The number of aryl methyl sites for hydroxylation is 2. The molecular formula is C33H42N2O2. The van der Waals surface area contributed by atoms with Crippen molar-refractivity contribution in [3.05, 3.63) is 107 Å². The molecule has 0 bridgehead atoms. The van der Waals surface area contributed by atoms with Crippen molar-refractivity contribution in [3.8, 4) is 0 Å². The number of benzene rings is 3. The van der Waals surface area contributed by atoms with E-state index in [9.17, 15) is 9.59 Å². The third-order valence-corrected chi connectivity index (χ3v) is 7.02. The summed E-state index contributed by atoms with van der Waals surface area (Å²) in [4.78, 5) is 29.2. The van der Waals surface area contributed by atoms with E-state index in [0.717, 1.165) is 23.1 Å². The number of carbonyl (C=O) groups excluding carboxylic acids is 2. The predicted octanol–water partition coefficient (Wildman–Crippen LogP) is 6.61. The summed E-state index contributed by atoms with van der Waals surface area (Å²) in [6, 6.07) is 26.2. The lowest BCUT2D eigenvalue weighted by Gasteiger charge is -2.32. The second-order valence-corrected chi connectivity index (χ2v) is 10.4. The van der Waals surface area contributed by atoms with E-state index in [1.54, 1.807) is 4.90 Å². The maximum absolute atomic E-state index is 13.8. The molecule has 1 N–H and O–H groups in total. The summed E-state index contributed by atoms with van der Waals surface area (Å²) in [6.45, 7) is 10.9. The molecule has 3 aromatic rings. The Labute approximate surface area is 223 Å². The van der Waals surface area contributed by atoms with Gasteiger partial charge < -0.3 is 10.2 Å². The summed E-state index contributed by atoms with van der Waals surface area (Å²) in [6.07, 6.45) is 2.31. The summed E-state index contributed by atoms with van der Waals surface area (Å²) in [5.41, 5.74) is 5.66. The topological polar surface area (TPSA) is 49.4 Å². The Morgan fingerprint density at radius 2 is 1.43 bits per heavy atom. The second-order valence-electron chi connectivity index (χ2n) is 10.4. The summed E-state index contributed by atoms with van der Waals surface area (Å²) in [7, 11) is 0. The summed E-state index contributed by atoms with van der Waals surface area (Å²) in [5.74, 6) is 0.372. The van der Waals surface area contributed by atoms with Gasteiger partial charge in [-0.25, -0.2) is 0 Å². The van der Waals surface area contributed by atoms with Gasteiger partial charge in [0.05, 0.1) is 0 Å². The molecule has 3 rings (SSSR count). The smallest absolute Gasteiger partial charge is 0.243 e. The first-order valence-electron chi connectivity index (χ1n) is 13.5. The van der Waals surface area contributed by atoms with E-state index in [1.807, 2.05) is 49.4 Å². The molecule has 0 saturated carbocycles. The van der Waals surface area contributed by atoms with E-state index >= 15 is 0 Å².